The molecule has 0 aliphatic heterocycles. The molecule has 3 nitrogen and oxygen atoms in total. The summed E-state index contributed by atoms with van der Waals surface area (Å²) in [7, 11) is 4.11. The lowest BCUT2D eigenvalue weighted by Gasteiger charge is -2.28. The minimum Gasteiger partial charge on any atom is -0.370 e. The molecule has 114 valence electrons. The molecule has 0 heterocycles. The highest BCUT2D eigenvalue weighted by molar-refractivity contribution is 5.54. The Kier molecular flexibility index (Phi) is 6.96. The number of benzene rings is 1. The van der Waals surface area contributed by atoms with Crippen LogP contribution in [0.25, 0.3) is 0 Å². The molecule has 0 radical (unpaired) electrons. The number of nitrogens with two attached hydrogens (primary N) is 1. The Hall–Kier alpha value is -1.13. The van der Waals surface area contributed by atoms with Crippen molar-refractivity contribution in [2.45, 2.75) is 32.7 Å². The number of rotatable bonds is 8. The second-order valence-electron chi connectivity index (χ2n) is 5.71. The number of hydrogen-bond acceptors (Lipinski definition) is 3. The van der Waals surface area contributed by atoms with Crippen LogP contribution >= 0.6 is 0 Å². The van der Waals surface area contributed by atoms with Gasteiger partial charge in [-0.25, -0.2) is 4.39 Å². The molecule has 0 spiro atoms. The van der Waals surface area contributed by atoms with Crippen molar-refractivity contribution in [1.82, 2.24) is 4.90 Å². The first kappa shape index (κ1) is 16.9. The van der Waals surface area contributed by atoms with Crippen molar-refractivity contribution in [3.8, 4) is 0 Å². The smallest absolute Gasteiger partial charge is 0.128 e. The molecule has 0 aromatic heterocycles. The van der Waals surface area contributed by atoms with Gasteiger partial charge in [-0.1, -0.05) is 13.0 Å². The molecular weight excluding hydrogens is 253 g/mol. The van der Waals surface area contributed by atoms with Crippen LogP contribution in [0.15, 0.2) is 18.2 Å². The van der Waals surface area contributed by atoms with E-state index >= 15 is 0 Å². The average molecular weight is 281 g/mol. The topological polar surface area (TPSA) is 32.5 Å². The van der Waals surface area contributed by atoms with Crippen molar-refractivity contribution in [2.75, 3.05) is 38.6 Å². The number of anilines is 1. The zero-order valence-electron chi connectivity index (χ0n) is 13.2. The first-order valence-electron chi connectivity index (χ1n) is 7.38. The van der Waals surface area contributed by atoms with Crippen molar-refractivity contribution in [2.24, 2.45) is 5.73 Å². The summed E-state index contributed by atoms with van der Waals surface area (Å²) in [4.78, 5) is 4.41. The molecule has 0 bridgehead atoms. The van der Waals surface area contributed by atoms with Gasteiger partial charge >= 0.3 is 0 Å². The average Bonchev–Trinajstić information content (AvgIpc) is 2.36. The molecule has 0 saturated heterocycles. The second kappa shape index (κ2) is 8.22. The van der Waals surface area contributed by atoms with Crippen LogP contribution in [-0.2, 0) is 6.42 Å². The van der Waals surface area contributed by atoms with E-state index in [1.54, 1.807) is 6.07 Å². The molecule has 0 fully saturated rings. The van der Waals surface area contributed by atoms with E-state index < -0.39 is 0 Å². The molecule has 1 unspecified atom stereocenters. The minimum atomic E-state index is -0.147. The summed E-state index contributed by atoms with van der Waals surface area (Å²) in [6.07, 6.45) is 1.62. The van der Waals surface area contributed by atoms with E-state index in [1.165, 1.54) is 6.07 Å². The highest BCUT2D eigenvalue weighted by Gasteiger charge is 2.15. The largest absolute Gasteiger partial charge is 0.370 e. The van der Waals surface area contributed by atoms with Gasteiger partial charge in [0.25, 0.3) is 0 Å². The van der Waals surface area contributed by atoms with Gasteiger partial charge in [0.15, 0.2) is 0 Å². The van der Waals surface area contributed by atoms with Gasteiger partial charge in [0.2, 0.25) is 0 Å². The fourth-order valence-corrected chi connectivity index (χ4v) is 2.31. The van der Waals surface area contributed by atoms with E-state index in [0.717, 1.165) is 37.3 Å². The zero-order valence-corrected chi connectivity index (χ0v) is 13.2. The van der Waals surface area contributed by atoms with Gasteiger partial charge in [0, 0.05) is 36.9 Å². The van der Waals surface area contributed by atoms with Crippen LogP contribution < -0.4 is 10.6 Å². The van der Waals surface area contributed by atoms with Crippen molar-refractivity contribution in [3.05, 3.63) is 29.6 Å². The molecule has 1 atom stereocenters. The summed E-state index contributed by atoms with van der Waals surface area (Å²) < 4.78 is 14.1. The Morgan fingerprint density at radius 1 is 1.20 bits per heavy atom. The third-order valence-corrected chi connectivity index (χ3v) is 3.27. The van der Waals surface area contributed by atoms with E-state index in [1.807, 2.05) is 13.0 Å². The van der Waals surface area contributed by atoms with Crippen LogP contribution in [-0.4, -0.2) is 44.7 Å². The van der Waals surface area contributed by atoms with E-state index in [2.05, 4.69) is 30.8 Å². The maximum Gasteiger partial charge on any atom is 0.128 e. The van der Waals surface area contributed by atoms with Gasteiger partial charge in [-0.2, -0.15) is 0 Å². The Morgan fingerprint density at radius 2 is 1.90 bits per heavy atom. The monoisotopic (exact) mass is 281 g/mol. The predicted octanol–water partition coefficient (Wildman–Crippen LogP) is 2.49. The second-order valence-corrected chi connectivity index (χ2v) is 5.71. The Bertz CT molecular complexity index is 405. The fourth-order valence-electron chi connectivity index (χ4n) is 2.31. The number of likely N-dealkylation sites (N-methyl/N-ethyl adjacent to an activating group) is 1. The first-order chi connectivity index (χ1) is 9.45. The molecule has 0 saturated carbocycles. The van der Waals surface area contributed by atoms with Crippen LogP contribution in [0.4, 0.5) is 10.1 Å². The molecule has 1 aromatic carbocycles. The summed E-state index contributed by atoms with van der Waals surface area (Å²) >= 11 is 0. The normalized spacial score (nSPS) is 12.8. The molecule has 0 aliphatic rings. The number of halogens is 1. The molecule has 1 aromatic rings. The van der Waals surface area contributed by atoms with Gasteiger partial charge in [-0.05, 0) is 46.0 Å². The third kappa shape index (κ3) is 5.10. The van der Waals surface area contributed by atoms with Crippen molar-refractivity contribution in [1.29, 1.82) is 0 Å². The number of hydrogen-bond donors (Lipinski definition) is 1. The van der Waals surface area contributed by atoms with E-state index in [4.69, 9.17) is 5.73 Å². The Morgan fingerprint density at radius 3 is 2.45 bits per heavy atom. The van der Waals surface area contributed by atoms with Crippen molar-refractivity contribution >= 4 is 5.69 Å². The van der Waals surface area contributed by atoms with Gasteiger partial charge < -0.3 is 15.5 Å². The molecule has 0 aliphatic carbocycles. The quantitative estimate of drug-likeness (QED) is 0.794. The first-order valence-corrected chi connectivity index (χ1v) is 7.38. The molecule has 0 amide bonds. The third-order valence-electron chi connectivity index (χ3n) is 3.27. The van der Waals surface area contributed by atoms with Gasteiger partial charge in [0.1, 0.15) is 5.82 Å². The molecular formula is C16H28FN3. The Labute approximate surface area is 122 Å². The summed E-state index contributed by atoms with van der Waals surface area (Å²) in [5.74, 6) is -0.147. The summed E-state index contributed by atoms with van der Waals surface area (Å²) in [5.41, 5.74) is 7.60. The lowest BCUT2D eigenvalue weighted by molar-refractivity contribution is 0.412. The highest BCUT2D eigenvalue weighted by atomic mass is 19.1. The molecule has 1 rings (SSSR count). The summed E-state index contributed by atoms with van der Waals surface area (Å²) in [5, 5.41) is 0. The summed E-state index contributed by atoms with van der Waals surface area (Å²) in [6.45, 7) is 6.85. The Balaban J connectivity index is 3.01. The van der Waals surface area contributed by atoms with Crippen molar-refractivity contribution in [3.63, 3.8) is 0 Å². The van der Waals surface area contributed by atoms with Crippen LogP contribution in [0, 0.1) is 5.82 Å². The molecule has 2 N–H and O–H groups in total. The standard InChI is InChI=1S/C16H28FN3/c1-5-9-20(11-10-19(3)4)16-8-6-7-15(17)14(16)12-13(2)18/h6-8,13H,5,9-12,18H2,1-4H3. The summed E-state index contributed by atoms with van der Waals surface area (Å²) in [6, 6.07) is 5.28. The molecule has 4 heteroatoms. The lowest BCUT2D eigenvalue weighted by Crippen LogP contribution is -2.33. The van der Waals surface area contributed by atoms with E-state index in [0.29, 0.717) is 6.42 Å². The van der Waals surface area contributed by atoms with Gasteiger partial charge in [0.05, 0.1) is 0 Å². The van der Waals surface area contributed by atoms with Crippen molar-refractivity contribution < 1.29 is 4.39 Å². The number of nitrogens with zero attached hydrogens (tertiary/aromatic N) is 2. The van der Waals surface area contributed by atoms with Gasteiger partial charge in [-0.3, -0.25) is 0 Å². The van der Waals surface area contributed by atoms with E-state index in [9.17, 15) is 4.39 Å². The molecule has 20 heavy (non-hydrogen) atoms. The predicted molar refractivity (Wildman–Crippen MR) is 84.8 cm³/mol. The SMILES string of the molecule is CCCN(CCN(C)C)c1cccc(F)c1CC(C)N. The minimum absolute atomic E-state index is 0.0389. The van der Waals surface area contributed by atoms with E-state index in [-0.39, 0.29) is 11.9 Å². The van der Waals surface area contributed by atoms with Gasteiger partial charge in [-0.15, -0.1) is 0 Å². The van der Waals surface area contributed by atoms with Crippen LogP contribution in [0.1, 0.15) is 25.8 Å². The highest BCUT2D eigenvalue weighted by Crippen LogP contribution is 2.24. The zero-order chi connectivity index (χ0) is 15.1. The van der Waals surface area contributed by atoms with Crippen LogP contribution in [0.3, 0.4) is 0 Å². The lowest BCUT2D eigenvalue weighted by atomic mass is 10.0. The maximum absolute atomic E-state index is 14.1. The van der Waals surface area contributed by atoms with Crippen LogP contribution in [0.5, 0.6) is 0 Å². The maximum atomic E-state index is 14.1. The fraction of sp³-hybridized carbons (Fsp3) is 0.625. The van der Waals surface area contributed by atoms with Crippen LogP contribution in [0.2, 0.25) is 0 Å².